The molecule has 2 aromatic carbocycles. The average molecular weight is 417 g/mol. The van der Waals surface area contributed by atoms with E-state index in [-0.39, 0.29) is 18.6 Å². The van der Waals surface area contributed by atoms with Crippen LogP contribution < -0.4 is 9.47 Å². The van der Waals surface area contributed by atoms with Crippen molar-refractivity contribution in [2.45, 2.75) is 12.8 Å². The first-order valence-corrected chi connectivity index (χ1v) is 8.94. The number of carbonyl (C=O) groups excluding carboxylic acids is 1. The molecule has 0 N–H and O–H groups in total. The molecule has 6 nitrogen and oxygen atoms in total. The van der Waals surface area contributed by atoms with Gasteiger partial charge >= 0.3 is 5.97 Å². The summed E-state index contributed by atoms with van der Waals surface area (Å²) >= 11 is 12.1. The minimum Gasteiger partial charge on any atom is -0.493 e. The van der Waals surface area contributed by atoms with E-state index in [0.717, 1.165) is 0 Å². The lowest BCUT2D eigenvalue weighted by Crippen LogP contribution is -2.10. The van der Waals surface area contributed by atoms with Crippen molar-refractivity contribution in [3.8, 4) is 28.9 Å². The normalized spacial score (nSPS) is 10.4. The largest absolute Gasteiger partial charge is 0.493 e. The molecule has 142 valence electrons. The molecule has 0 amide bonds. The van der Waals surface area contributed by atoms with E-state index >= 15 is 0 Å². The second kappa shape index (κ2) is 8.79. The van der Waals surface area contributed by atoms with Gasteiger partial charge in [0.25, 0.3) is 0 Å². The van der Waals surface area contributed by atoms with E-state index in [4.69, 9.17) is 42.4 Å². The molecular weight excluding hydrogens is 403 g/mol. The Morgan fingerprint density at radius 3 is 2.75 bits per heavy atom. The Kier molecular flexibility index (Phi) is 6.19. The van der Waals surface area contributed by atoms with E-state index in [1.165, 1.54) is 19.2 Å². The van der Waals surface area contributed by atoms with Gasteiger partial charge in [0.15, 0.2) is 23.1 Å². The number of methoxy groups -OCH3 is 1. The fraction of sp³-hybridized carbons (Fsp3) is 0.150. The van der Waals surface area contributed by atoms with E-state index < -0.39 is 5.97 Å². The molecule has 28 heavy (non-hydrogen) atoms. The van der Waals surface area contributed by atoms with Crippen molar-refractivity contribution in [1.82, 2.24) is 4.98 Å². The van der Waals surface area contributed by atoms with Crippen LogP contribution in [0.3, 0.4) is 0 Å². The monoisotopic (exact) mass is 416 g/mol. The Morgan fingerprint density at radius 2 is 2.04 bits per heavy atom. The van der Waals surface area contributed by atoms with Crippen LogP contribution in [0.1, 0.15) is 17.9 Å². The maximum absolute atomic E-state index is 12.1. The highest BCUT2D eigenvalue weighted by molar-refractivity contribution is 6.36. The molecule has 0 atom stereocenters. The minimum atomic E-state index is -0.479. The zero-order valence-corrected chi connectivity index (χ0v) is 16.3. The van der Waals surface area contributed by atoms with Gasteiger partial charge in [-0.25, -0.2) is 4.98 Å². The predicted octanol–water partition coefficient (Wildman–Crippen LogP) is 5.07. The molecule has 3 rings (SSSR count). The summed E-state index contributed by atoms with van der Waals surface area (Å²) in [6, 6.07) is 11.6. The standard InChI is InChI=1S/C20H14Cl2N2O4/c1-26-17-8-12(10-23)2-5-16(17)28-20(25)7-6-19-24-11-18(27-19)14-4-3-13(21)9-15(14)22/h2-5,8-9,11H,6-7H2,1H3. The number of aryl methyl sites for hydroxylation is 1. The van der Waals surface area contributed by atoms with E-state index in [9.17, 15) is 4.79 Å². The van der Waals surface area contributed by atoms with Crippen molar-refractivity contribution in [2.24, 2.45) is 0 Å². The zero-order chi connectivity index (χ0) is 20.1. The third-order valence-corrected chi connectivity index (χ3v) is 4.36. The highest BCUT2D eigenvalue weighted by Crippen LogP contribution is 2.31. The zero-order valence-electron chi connectivity index (χ0n) is 14.7. The van der Waals surface area contributed by atoms with Crippen LogP contribution in [0, 0.1) is 11.3 Å². The van der Waals surface area contributed by atoms with E-state index in [0.29, 0.717) is 38.6 Å². The van der Waals surface area contributed by atoms with Gasteiger partial charge < -0.3 is 13.9 Å². The van der Waals surface area contributed by atoms with Gasteiger partial charge in [-0.1, -0.05) is 23.2 Å². The smallest absolute Gasteiger partial charge is 0.311 e. The van der Waals surface area contributed by atoms with Crippen molar-refractivity contribution < 1.29 is 18.7 Å². The predicted molar refractivity (Wildman–Crippen MR) is 104 cm³/mol. The first-order chi connectivity index (χ1) is 13.5. The van der Waals surface area contributed by atoms with Crippen LogP contribution in [-0.2, 0) is 11.2 Å². The van der Waals surface area contributed by atoms with Gasteiger partial charge in [0.05, 0.1) is 36.4 Å². The van der Waals surface area contributed by atoms with Crippen LogP contribution in [-0.4, -0.2) is 18.1 Å². The highest BCUT2D eigenvalue weighted by atomic mass is 35.5. The Balaban J connectivity index is 1.63. The van der Waals surface area contributed by atoms with Crippen LogP contribution in [0.15, 0.2) is 47.0 Å². The van der Waals surface area contributed by atoms with Gasteiger partial charge in [0, 0.05) is 23.1 Å². The number of rotatable bonds is 6. The molecule has 0 radical (unpaired) electrons. The first-order valence-electron chi connectivity index (χ1n) is 8.19. The van der Waals surface area contributed by atoms with Crippen molar-refractivity contribution in [3.63, 3.8) is 0 Å². The molecule has 0 saturated heterocycles. The molecule has 3 aromatic rings. The Labute approximate surface area is 171 Å². The fourth-order valence-electron chi connectivity index (χ4n) is 2.44. The number of benzene rings is 2. The number of ether oxygens (including phenoxy) is 2. The SMILES string of the molecule is COc1cc(C#N)ccc1OC(=O)CCc1ncc(-c2ccc(Cl)cc2Cl)o1. The number of nitriles is 1. The number of nitrogens with zero attached hydrogens (tertiary/aromatic N) is 2. The van der Waals surface area contributed by atoms with E-state index in [1.807, 2.05) is 6.07 Å². The number of esters is 1. The minimum absolute atomic E-state index is 0.0530. The lowest BCUT2D eigenvalue weighted by Gasteiger charge is -2.08. The van der Waals surface area contributed by atoms with Gasteiger partial charge in [-0.2, -0.15) is 5.26 Å². The molecule has 0 spiro atoms. The second-order valence-electron chi connectivity index (χ2n) is 5.69. The number of hydrogen-bond acceptors (Lipinski definition) is 6. The number of oxazole rings is 1. The Bertz CT molecular complexity index is 1060. The molecule has 0 saturated carbocycles. The summed E-state index contributed by atoms with van der Waals surface area (Å²) in [5, 5.41) is 9.88. The number of aromatic nitrogens is 1. The van der Waals surface area contributed by atoms with Gasteiger partial charge in [0.2, 0.25) is 0 Å². The maximum atomic E-state index is 12.1. The lowest BCUT2D eigenvalue weighted by molar-refractivity contribution is -0.134. The molecule has 0 aliphatic carbocycles. The van der Waals surface area contributed by atoms with Gasteiger partial charge in [-0.15, -0.1) is 0 Å². The van der Waals surface area contributed by atoms with Crippen molar-refractivity contribution in [1.29, 1.82) is 5.26 Å². The van der Waals surface area contributed by atoms with Gasteiger partial charge in [-0.05, 0) is 30.3 Å². The maximum Gasteiger partial charge on any atom is 0.311 e. The van der Waals surface area contributed by atoms with Crippen LogP contribution in [0.25, 0.3) is 11.3 Å². The van der Waals surface area contributed by atoms with Crippen molar-refractivity contribution >= 4 is 29.2 Å². The number of halogens is 2. The Morgan fingerprint density at radius 1 is 1.21 bits per heavy atom. The third-order valence-electron chi connectivity index (χ3n) is 3.81. The van der Waals surface area contributed by atoms with Crippen LogP contribution in [0.5, 0.6) is 11.5 Å². The summed E-state index contributed by atoms with van der Waals surface area (Å²) in [6.07, 6.45) is 1.85. The average Bonchev–Trinajstić information content (AvgIpc) is 3.15. The summed E-state index contributed by atoms with van der Waals surface area (Å²) < 4.78 is 16.1. The van der Waals surface area contributed by atoms with Gasteiger partial charge in [-0.3, -0.25) is 4.79 Å². The molecule has 0 unspecified atom stereocenters. The van der Waals surface area contributed by atoms with Gasteiger partial charge in [0.1, 0.15) is 0 Å². The summed E-state index contributed by atoms with van der Waals surface area (Å²) in [4.78, 5) is 16.3. The molecule has 1 aromatic heterocycles. The highest BCUT2D eigenvalue weighted by Gasteiger charge is 2.14. The fourth-order valence-corrected chi connectivity index (χ4v) is 2.95. The van der Waals surface area contributed by atoms with Crippen molar-refractivity contribution in [3.05, 3.63) is 64.1 Å². The molecule has 0 aliphatic rings. The molecule has 0 fully saturated rings. The third kappa shape index (κ3) is 4.63. The number of carbonyl (C=O) groups is 1. The Hall–Kier alpha value is -3.01. The summed E-state index contributed by atoms with van der Waals surface area (Å²) in [5.74, 6) is 0.937. The van der Waals surface area contributed by atoms with Crippen LogP contribution in [0.2, 0.25) is 10.0 Å². The molecule has 0 aliphatic heterocycles. The molecular formula is C20H14Cl2N2O4. The number of hydrogen-bond donors (Lipinski definition) is 0. The van der Waals surface area contributed by atoms with E-state index in [1.54, 1.807) is 30.5 Å². The van der Waals surface area contributed by atoms with E-state index in [2.05, 4.69) is 4.98 Å². The molecule has 0 bridgehead atoms. The van der Waals surface area contributed by atoms with Crippen molar-refractivity contribution in [2.75, 3.05) is 7.11 Å². The molecule has 1 heterocycles. The van der Waals surface area contributed by atoms with Crippen LogP contribution >= 0.6 is 23.2 Å². The second-order valence-corrected chi connectivity index (χ2v) is 6.54. The lowest BCUT2D eigenvalue weighted by atomic mass is 10.2. The summed E-state index contributed by atoms with van der Waals surface area (Å²) in [5.41, 5.74) is 1.07. The first kappa shape index (κ1) is 19.7. The topological polar surface area (TPSA) is 85.4 Å². The summed E-state index contributed by atoms with van der Waals surface area (Å²) in [7, 11) is 1.43. The molecule has 8 heteroatoms. The quantitative estimate of drug-likeness (QED) is 0.411. The summed E-state index contributed by atoms with van der Waals surface area (Å²) in [6.45, 7) is 0. The van der Waals surface area contributed by atoms with Crippen LogP contribution in [0.4, 0.5) is 0 Å².